The summed E-state index contributed by atoms with van der Waals surface area (Å²) in [6, 6.07) is 14.2. The number of rotatable bonds is 7. The van der Waals surface area contributed by atoms with Crippen molar-refractivity contribution >= 4 is 27.5 Å². The number of hydrogen-bond donors (Lipinski definition) is 3. The van der Waals surface area contributed by atoms with Crippen LogP contribution >= 0.6 is 0 Å². The van der Waals surface area contributed by atoms with Crippen molar-refractivity contribution in [3.8, 4) is 0 Å². The SMILES string of the molecule is Cc1cc(Nc2cccc(N([C@H](C)CO)S(=O)(=O)c3ccccc3)n2)n[nH]1. The van der Waals surface area contributed by atoms with Crippen LogP contribution in [0, 0.1) is 6.92 Å². The molecule has 0 bridgehead atoms. The Morgan fingerprint density at radius 1 is 1.15 bits per heavy atom. The molecule has 0 aliphatic rings. The van der Waals surface area contributed by atoms with E-state index in [1.807, 2.05) is 13.0 Å². The number of H-pyrrole nitrogens is 1. The number of aromatic amines is 1. The molecule has 2 heterocycles. The molecular weight excluding hydrogens is 366 g/mol. The number of aliphatic hydroxyl groups is 1. The van der Waals surface area contributed by atoms with Gasteiger partial charge < -0.3 is 10.4 Å². The molecule has 3 rings (SSSR count). The van der Waals surface area contributed by atoms with Crippen molar-refractivity contribution in [2.45, 2.75) is 24.8 Å². The van der Waals surface area contributed by atoms with Crippen LogP contribution in [0.3, 0.4) is 0 Å². The van der Waals surface area contributed by atoms with E-state index < -0.39 is 16.1 Å². The molecule has 9 heteroatoms. The molecule has 1 aromatic carbocycles. The van der Waals surface area contributed by atoms with Gasteiger partial charge in [0.25, 0.3) is 10.0 Å². The summed E-state index contributed by atoms with van der Waals surface area (Å²) in [5.41, 5.74) is 0.885. The molecule has 0 saturated heterocycles. The third-order valence-corrected chi connectivity index (χ3v) is 5.82. The summed E-state index contributed by atoms with van der Waals surface area (Å²) in [6.45, 7) is 3.16. The number of aliphatic hydroxyl groups excluding tert-OH is 1. The Labute approximate surface area is 157 Å². The highest BCUT2D eigenvalue weighted by Crippen LogP contribution is 2.26. The van der Waals surface area contributed by atoms with Gasteiger partial charge in [0.05, 0.1) is 17.5 Å². The molecule has 0 spiro atoms. The largest absolute Gasteiger partial charge is 0.394 e. The molecule has 3 N–H and O–H groups in total. The van der Waals surface area contributed by atoms with Gasteiger partial charge in [-0.05, 0) is 38.1 Å². The molecule has 0 fully saturated rings. The molecule has 0 amide bonds. The third kappa shape index (κ3) is 4.09. The lowest BCUT2D eigenvalue weighted by Gasteiger charge is -2.28. The number of hydrogen-bond acceptors (Lipinski definition) is 6. The molecule has 0 unspecified atom stereocenters. The maximum atomic E-state index is 13.1. The second-order valence-electron chi connectivity index (χ2n) is 6.09. The maximum Gasteiger partial charge on any atom is 0.265 e. The summed E-state index contributed by atoms with van der Waals surface area (Å²) in [7, 11) is -3.89. The summed E-state index contributed by atoms with van der Waals surface area (Å²) >= 11 is 0. The molecule has 0 saturated carbocycles. The van der Waals surface area contributed by atoms with Crippen LogP contribution in [-0.4, -0.2) is 41.4 Å². The Bertz CT molecular complexity index is 1000. The lowest BCUT2D eigenvalue weighted by Crippen LogP contribution is -2.41. The minimum absolute atomic E-state index is 0.133. The van der Waals surface area contributed by atoms with Crippen molar-refractivity contribution in [2.24, 2.45) is 0 Å². The van der Waals surface area contributed by atoms with Crippen LogP contribution in [-0.2, 0) is 10.0 Å². The minimum Gasteiger partial charge on any atom is -0.394 e. The zero-order valence-corrected chi connectivity index (χ0v) is 15.8. The monoisotopic (exact) mass is 387 g/mol. The van der Waals surface area contributed by atoms with Gasteiger partial charge in [0, 0.05) is 11.8 Å². The highest BCUT2D eigenvalue weighted by molar-refractivity contribution is 7.92. The van der Waals surface area contributed by atoms with E-state index >= 15 is 0 Å². The second-order valence-corrected chi connectivity index (χ2v) is 7.90. The van der Waals surface area contributed by atoms with Crippen LogP contribution in [0.15, 0.2) is 59.5 Å². The van der Waals surface area contributed by atoms with Crippen LogP contribution in [0.5, 0.6) is 0 Å². The first-order valence-electron chi connectivity index (χ1n) is 8.38. The van der Waals surface area contributed by atoms with E-state index in [2.05, 4.69) is 20.5 Å². The van der Waals surface area contributed by atoms with Crippen molar-refractivity contribution in [3.63, 3.8) is 0 Å². The smallest absolute Gasteiger partial charge is 0.265 e. The summed E-state index contributed by atoms with van der Waals surface area (Å²) in [5.74, 6) is 1.22. The van der Waals surface area contributed by atoms with E-state index in [1.165, 1.54) is 12.1 Å². The van der Waals surface area contributed by atoms with Gasteiger partial charge in [-0.15, -0.1) is 0 Å². The Hall–Kier alpha value is -2.91. The summed E-state index contributed by atoms with van der Waals surface area (Å²) in [6.07, 6.45) is 0. The average Bonchev–Trinajstić information content (AvgIpc) is 3.07. The summed E-state index contributed by atoms with van der Waals surface area (Å²) in [4.78, 5) is 4.54. The van der Waals surface area contributed by atoms with Crippen LogP contribution in [0.4, 0.5) is 17.5 Å². The van der Waals surface area contributed by atoms with Crippen LogP contribution in [0.2, 0.25) is 0 Å². The van der Waals surface area contributed by atoms with E-state index in [0.29, 0.717) is 11.6 Å². The van der Waals surface area contributed by atoms with Crippen molar-refractivity contribution in [1.82, 2.24) is 15.2 Å². The standard InChI is InChI=1S/C18H21N5O3S/c1-13-11-17(22-21-13)19-16-9-6-10-18(20-16)23(14(2)12-24)27(25,26)15-7-4-3-5-8-15/h3-11,14,24H,12H2,1-2H3,(H2,19,20,21,22)/t14-/m1/s1. The molecular formula is C18H21N5O3S. The Morgan fingerprint density at radius 2 is 1.89 bits per heavy atom. The lowest BCUT2D eigenvalue weighted by atomic mass is 10.3. The van der Waals surface area contributed by atoms with Gasteiger partial charge in [-0.2, -0.15) is 5.10 Å². The van der Waals surface area contributed by atoms with Crippen molar-refractivity contribution in [3.05, 3.63) is 60.3 Å². The lowest BCUT2D eigenvalue weighted by molar-refractivity contribution is 0.274. The first kappa shape index (κ1) is 18.9. The maximum absolute atomic E-state index is 13.1. The van der Waals surface area contributed by atoms with Crippen LogP contribution < -0.4 is 9.62 Å². The van der Waals surface area contributed by atoms with Gasteiger partial charge >= 0.3 is 0 Å². The van der Waals surface area contributed by atoms with Gasteiger partial charge in [0.1, 0.15) is 11.6 Å². The van der Waals surface area contributed by atoms with Gasteiger partial charge in [0.15, 0.2) is 5.82 Å². The topological polar surface area (TPSA) is 111 Å². The number of aromatic nitrogens is 3. The Balaban J connectivity index is 2.00. The molecule has 0 aliphatic heterocycles. The predicted octanol–water partition coefficient (Wildman–Crippen LogP) is 2.43. The van der Waals surface area contributed by atoms with Crippen LogP contribution in [0.25, 0.3) is 0 Å². The number of pyridine rings is 1. The quantitative estimate of drug-likeness (QED) is 0.574. The summed E-state index contributed by atoms with van der Waals surface area (Å²) in [5, 5.41) is 19.6. The van der Waals surface area contributed by atoms with Crippen LogP contribution in [0.1, 0.15) is 12.6 Å². The molecule has 8 nitrogen and oxygen atoms in total. The number of aryl methyl sites for hydroxylation is 1. The first-order chi connectivity index (χ1) is 12.9. The molecule has 0 radical (unpaired) electrons. The molecule has 3 aromatic rings. The van der Waals surface area contributed by atoms with Crippen molar-refractivity contribution in [1.29, 1.82) is 0 Å². The fourth-order valence-corrected chi connectivity index (χ4v) is 4.21. The van der Waals surface area contributed by atoms with E-state index in [0.717, 1.165) is 10.00 Å². The molecule has 1 atom stereocenters. The third-order valence-electron chi connectivity index (χ3n) is 3.89. The molecule has 0 aliphatic carbocycles. The predicted molar refractivity (Wildman–Crippen MR) is 103 cm³/mol. The van der Waals surface area contributed by atoms with Gasteiger partial charge in [-0.3, -0.25) is 5.10 Å². The van der Waals surface area contributed by atoms with E-state index in [1.54, 1.807) is 43.3 Å². The second kappa shape index (κ2) is 7.77. The normalized spacial score (nSPS) is 12.6. The van der Waals surface area contributed by atoms with E-state index in [-0.39, 0.29) is 17.3 Å². The first-order valence-corrected chi connectivity index (χ1v) is 9.82. The number of nitrogens with one attached hydrogen (secondary N) is 2. The van der Waals surface area contributed by atoms with Crippen molar-refractivity contribution < 1.29 is 13.5 Å². The van der Waals surface area contributed by atoms with Gasteiger partial charge in [-0.25, -0.2) is 17.7 Å². The number of sulfonamides is 1. The number of benzene rings is 1. The fraction of sp³-hybridized carbons (Fsp3) is 0.222. The highest BCUT2D eigenvalue weighted by Gasteiger charge is 2.30. The van der Waals surface area contributed by atoms with Gasteiger partial charge in [-0.1, -0.05) is 24.3 Å². The molecule has 2 aromatic heterocycles. The zero-order valence-electron chi connectivity index (χ0n) is 15.0. The molecule has 142 valence electrons. The van der Waals surface area contributed by atoms with E-state index in [4.69, 9.17) is 0 Å². The Morgan fingerprint density at radius 3 is 2.52 bits per heavy atom. The fourth-order valence-electron chi connectivity index (χ4n) is 2.59. The highest BCUT2D eigenvalue weighted by atomic mass is 32.2. The number of nitrogens with zero attached hydrogens (tertiary/aromatic N) is 3. The average molecular weight is 387 g/mol. The minimum atomic E-state index is -3.89. The van der Waals surface area contributed by atoms with Gasteiger partial charge in [0.2, 0.25) is 0 Å². The van der Waals surface area contributed by atoms with Crippen molar-refractivity contribution in [2.75, 3.05) is 16.2 Å². The zero-order chi connectivity index (χ0) is 19.4. The molecule has 27 heavy (non-hydrogen) atoms. The van der Waals surface area contributed by atoms with E-state index in [9.17, 15) is 13.5 Å². The Kier molecular flexibility index (Phi) is 5.43. The number of anilines is 3. The summed E-state index contributed by atoms with van der Waals surface area (Å²) < 4.78 is 27.4.